The number of hydrogen-bond acceptors (Lipinski definition) is 3. The summed E-state index contributed by atoms with van der Waals surface area (Å²) in [6.45, 7) is 0. The SMILES string of the molecule is O=S1(=O)c2ccccc2-c2cc(O)ccc21. The summed E-state index contributed by atoms with van der Waals surface area (Å²) in [5.74, 6) is 0.0747. The number of fused-ring (bicyclic) bond motifs is 3. The molecule has 80 valence electrons. The topological polar surface area (TPSA) is 54.4 Å². The van der Waals surface area contributed by atoms with Crippen molar-refractivity contribution in [1.29, 1.82) is 0 Å². The van der Waals surface area contributed by atoms with E-state index < -0.39 is 9.84 Å². The van der Waals surface area contributed by atoms with Gasteiger partial charge in [0.1, 0.15) is 5.75 Å². The van der Waals surface area contributed by atoms with E-state index in [1.807, 2.05) is 0 Å². The molecule has 2 aromatic rings. The first kappa shape index (κ1) is 9.42. The molecule has 1 N–H and O–H groups in total. The molecule has 0 saturated heterocycles. The highest BCUT2D eigenvalue weighted by atomic mass is 32.2. The quantitative estimate of drug-likeness (QED) is 0.646. The van der Waals surface area contributed by atoms with E-state index >= 15 is 0 Å². The van der Waals surface area contributed by atoms with Crippen LogP contribution in [0.5, 0.6) is 5.75 Å². The van der Waals surface area contributed by atoms with E-state index in [1.165, 1.54) is 18.2 Å². The van der Waals surface area contributed by atoms with Crippen molar-refractivity contribution in [3.05, 3.63) is 42.5 Å². The number of sulfone groups is 1. The second-order valence-electron chi connectivity index (χ2n) is 3.68. The third-order valence-corrected chi connectivity index (χ3v) is 4.59. The molecule has 1 heterocycles. The largest absolute Gasteiger partial charge is 0.508 e. The zero-order valence-electron chi connectivity index (χ0n) is 8.21. The fourth-order valence-electron chi connectivity index (χ4n) is 2.00. The van der Waals surface area contributed by atoms with E-state index in [2.05, 4.69) is 0 Å². The van der Waals surface area contributed by atoms with Crippen molar-refractivity contribution < 1.29 is 13.5 Å². The fourth-order valence-corrected chi connectivity index (χ4v) is 3.67. The highest BCUT2D eigenvalue weighted by Crippen LogP contribution is 2.43. The molecule has 2 aromatic carbocycles. The molecule has 3 nitrogen and oxygen atoms in total. The summed E-state index contributed by atoms with van der Waals surface area (Å²) in [5, 5.41) is 9.40. The highest BCUT2D eigenvalue weighted by Gasteiger charge is 2.32. The second kappa shape index (κ2) is 2.86. The maximum atomic E-state index is 12.1. The van der Waals surface area contributed by atoms with Crippen LogP contribution < -0.4 is 0 Å². The first-order chi connectivity index (χ1) is 7.60. The van der Waals surface area contributed by atoms with Crippen LogP contribution in [0.1, 0.15) is 0 Å². The number of benzene rings is 2. The summed E-state index contributed by atoms with van der Waals surface area (Å²) in [5.41, 5.74) is 1.24. The van der Waals surface area contributed by atoms with E-state index in [1.54, 1.807) is 24.3 Å². The van der Waals surface area contributed by atoms with Crippen LogP contribution in [0.25, 0.3) is 11.1 Å². The lowest BCUT2D eigenvalue weighted by Gasteiger charge is -1.98. The van der Waals surface area contributed by atoms with Gasteiger partial charge in [0, 0.05) is 11.1 Å². The zero-order valence-corrected chi connectivity index (χ0v) is 9.03. The van der Waals surface area contributed by atoms with Gasteiger partial charge in [-0.25, -0.2) is 8.42 Å². The van der Waals surface area contributed by atoms with Crippen molar-refractivity contribution in [3.8, 4) is 16.9 Å². The molecule has 0 aromatic heterocycles. The van der Waals surface area contributed by atoms with Crippen LogP contribution in [0.3, 0.4) is 0 Å². The van der Waals surface area contributed by atoms with Gasteiger partial charge in [-0.05, 0) is 24.3 Å². The molecule has 1 aliphatic rings. The number of aromatic hydroxyl groups is 1. The predicted octanol–water partition coefficient (Wildman–Crippen LogP) is 2.21. The number of phenolic OH excluding ortho intramolecular Hbond substituents is 1. The molecular formula is C12H8O3S. The summed E-state index contributed by atoms with van der Waals surface area (Å²) in [7, 11) is -3.39. The van der Waals surface area contributed by atoms with Crippen molar-refractivity contribution in [2.75, 3.05) is 0 Å². The van der Waals surface area contributed by atoms with Gasteiger partial charge in [-0.2, -0.15) is 0 Å². The minimum absolute atomic E-state index is 0.0747. The summed E-state index contributed by atoms with van der Waals surface area (Å²) in [4.78, 5) is 0.585. The number of phenols is 1. The lowest BCUT2D eigenvalue weighted by atomic mass is 10.1. The molecule has 0 bridgehead atoms. The second-order valence-corrected chi connectivity index (χ2v) is 5.57. The van der Waals surface area contributed by atoms with E-state index in [9.17, 15) is 13.5 Å². The molecule has 0 saturated carbocycles. The van der Waals surface area contributed by atoms with Crippen LogP contribution in [-0.4, -0.2) is 13.5 Å². The third-order valence-electron chi connectivity index (χ3n) is 2.72. The molecule has 0 aliphatic carbocycles. The molecule has 0 fully saturated rings. The van der Waals surface area contributed by atoms with Gasteiger partial charge < -0.3 is 5.11 Å². The van der Waals surface area contributed by atoms with Crippen LogP contribution in [0.2, 0.25) is 0 Å². The molecule has 0 atom stereocenters. The minimum Gasteiger partial charge on any atom is -0.508 e. The van der Waals surface area contributed by atoms with Crippen molar-refractivity contribution in [2.45, 2.75) is 9.79 Å². The average molecular weight is 232 g/mol. The first-order valence-electron chi connectivity index (χ1n) is 4.78. The zero-order chi connectivity index (χ0) is 11.3. The van der Waals surface area contributed by atoms with Gasteiger partial charge in [0.2, 0.25) is 9.84 Å². The summed E-state index contributed by atoms with van der Waals surface area (Å²) >= 11 is 0. The number of hydrogen-bond donors (Lipinski definition) is 1. The Morgan fingerprint density at radius 3 is 2.38 bits per heavy atom. The molecule has 0 spiro atoms. The van der Waals surface area contributed by atoms with E-state index in [0.717, 1.165) is 0 Å². The number of rotatable bonds is 0. The Kier molecular flexibility index (Phi) is 1.68. The summed E-state index contributed by atoms with van der Waals surface area (Å²) in [6, 6.07) is 11.1. The van der Waals surface area contributed by atoms with Crippen molar-refractivity contribution in [1.82, 2.24) is 0 Å². The smallest absolute Gasteiger partial charge is 0.207 e. The van der Waals surface area contributed by atoms with Crippen LogP contribution in [0.4, 0.5) is 0 Å². The molecule has 4 heteroatoms. The Labute approximate surface area is 92.9 Å². The fraction of sp³-hybridized carbons (Fsp3) is 0. The van der Waals surface area contributed by atoms with Crippen molar-refractivity contribution in [2.24, 2.45) is 0 Å². The van der Waals surface area contributed by atoms with Crippen molar-refractivity contribution in [3.63, 3.8) is 0 Å². The van der Waals surface area contributed by atoms with Gasteiger partial charge in [-0.3, -0.25) is 0 Å². The van der Waals surface area contributed by atoms with E-state index in [-0.39, 0.29) is 10.6 Å². The Morgan fingerprint density at radius 2 is 1.56 bits per heavy atom. The molecule has 0 radical (unpaired) electrons. The van der Waals surface area contributed by atoms with Crippen LogP contribution in [0, 0.1) is 0 Å². The molecule has 16 heavy (non-hydrogen) atoms. The Morgan fingerprint density at radius 1 is 0.875 bits per heavy atom. The Balaban J connectivity index is 2.50. The van der Waals surface area contributed by atoms with Gasteiger partial charge in [-0.1, -0.05) is 18.2 Å². The standard InChI is InChI=1S/C12H8O3S/c13-8-5-6-12-10(7-8)9-3-1-2-4-11(9)16(12,14)15/h1-7,13H. The molecule has 1 aliphatic heterocycles. The summed E-state index contributed by atoms with van der Waals surface area (Å²) < 4.78 is 24.2. The van der Waals surface area contributed by atoms with Gasteiger partial charge in [0.05, 0.1) is 9.79 Å². The van der Waals surface area contributed by atoms with Gasteiger partial charge in [0.15, 0.2) is 0 Å². The maximum Gasteiger partial charge on any atom is 0.207 e. The van der Waals surface area contributed by atoms with Crippen LogP contribution in [-0.2, 0) is 9.84 Å². The van der Waals surface area contributed by atoms with Gasteiger partial charge in [0.25, 0.3) is 0 Å². The maximum absolute atomic E-state index is 12.1. The molecule has 0 unspecified atom stereocenters. The molecule has 0 amide bonds. The van der Waals surface area contributed by atoms with Gasteiger partial charge in [-0.15, -0.1) is 0 Å². The van der Waals surface area contributed by atoms with Crippen LogP contribution in [0.15, 0.2) is 52.3 Å². The minimum atomic E-state index is -3.39. The Bertz CT molecular complexity index is 687. The summed E-state index contributed by atoms with van der Waals surface area (Å²) in [6.07, 6.45) is 0. The molecular weight excluding hydrogens is 224 g/mol. The third kappa shape index (κ3) is 1.05. The normalized spacial score (nSPS) is 15.5. The van der Waals surface area contributed by atoms with E-state index in [0.29, 0.717) is 16.0 Å². The lowest BCUT2D eigenvalue weighted by Crippen LogP contribution is -1.95. The van der Waals surface area contributed by atoms with E-state index in [4.69, 9.17) is 0 Å². The van der Waals surface area contributed by atoms with Crippen molar-refractivity contribution >= 4 is 9.84 Å². The highest BCUT2D eigenvalue weighted by molar-refractivity contribution is 7.92. The monoisotopic (exact) mass is 232 g/mol. The predicted molar refractivity (Wildman–Crippen MR) is 59.0 cm³/mol. The lowest BCUT2D eigenvalue weighted by molar-refractivity contribution is 0.475. The van der Waals surface area contributed by atoms with Gasteiger partial charge >= 0.3 is 0 Å². The Hall–Kier alpha value is -1.81. The molecule has 3 rings (SSSR count). The first-order valence-corrected chi connectivity index (χ1v) is 6.26. The van der Waals surface area contributed by atoms with Crippen LogP contribution >= 0.6 is 0 Å². The average Bonchev–Trinajstić information content (AvgIpc) is 2.49.